The minimum Gasteiger partial charge on any atom is -0.486 e. The van der Waals surface area contributed by atoms with Crippen molar-refractivity contribution < 1.29 is 14.3 Å². The number of fused-ring (bicyclic) bond motifs is 2. The normalized spacial score (nSPS) is 14.6. The van der Waals surface area contributed by atoms with E-state index in [4.69, 9.17) is 26.1 Å². The van der Waals surface area contributed by atoms with E-state index in [1.807, 2.05) is 61.5 Å². The fourth-order valence-corrected chi connectivity index (χ4v) is 4.74. The Morgan fingerprint density at radius 1 is 1.11 bits per heavy atom. The quantitative estimate of drug-likeness (QED) is 0.257. The predicted molar refractivity (Wildman–Crippen MR) is 141 cm³/mol. The van der Waals surface area contributed by atoms with Gasteiger partial charge in [0, 0.05) is 35.0 Å². The maximum atomic E-state index is 12.0. The molecule has 0 spiro atoms. The van der Waals surface area contributed by atoms with Gasteiger partial charge in [-0.25, -0.2) is 9.97 Å². The number of hydrogen-bond acceptors (Lipinski definition) is 6. The molecule has 0 aliphatic carbocycles. The number of hydrogen-bond donors (Lipinski definition) is 0. The summed E-state index contributed by atoms with van der Waals surface area (Å²) >= 11 is 6.08. The molecule has 1 aliphatic rings. The molecule has 0 amide bonds. The van der Waals surface area contributed by atoms with E-state index in [1.54, 1.807) is 6.20 Å². The Hall–Kier alpha value is -3.64. The highest BCUT2D eigenvalue weighted by Gasteiger charge is 2.31. The van der Waals surface area contributed by atoms with Gasteiger partial charge < -0.3 is 14.4 Å². The smallest absolute Gasteiger partial charge is 0.305 e. The molecule has 0 bridgehead atoms. The summed E-state index contributed by atoms with van der Waals surface area (Å²) in [7, 11) is 0. The Kier molecular flexibility index (Phi) is 7.33. The van der Waals surface area contributed by atoms with E-state index in [0.717, 1.165) is 40.0 Å². The number of nitrogens with zero attached hydrogens (tertiary/aromatic N) is 3. The maximum Gasteiger partial charge on any atom is 0.305 e. The van der Waals surface area contributed by atoms with Crippen LogP contribution in [0.2, 0.25) is 5.02 Å². The molecule has 7 heteroatoms. The van der Waals surface area contributed by atoms with Crippen LogP contribution in [0.1, 0.15) is 36.6 Å². The first kappa shape index (κ1) is 24.1. The zero-order valence-corrected chi connectivity index (χ0v) is 20.9. The van der Waals surface area contributed by atoms with Crippen molar-refractivity contribution in [2.24, 2.45) is 0 Å². The van der Waals surface area contributed by atoms with Crippen LogP contribution in [0.25, 0.3) is 10.9 Å². The summed E-state index contributed by atoms with van der Waals surface area (Å²) in [6, 6.07) is 22.1. The molecule has 6 nitrogen and oxygen atoms in total. The van der Waals surface area contributed by atoms with E-state index in [1.165, 1.54) is 0 Å². The Morgan fingerprint density at radius 2 is 1.94 bits per heavy atom. The van der Waals surface area contributed by atoms with Crippen LogP contribution in [0.3, 0.4) is 0 Å². The summed E-state index contributed by atoms with van der Waals surface area (Å²) < 4.78 is 11.2. The highest BCUT2D eigenvalue weighted by atomic mass is 35.5. The summed E-state index contributed by atoms with van der Waals surface area (Å²) in [4.78, 5) is 23.8. The molecule has 0 radical (unpaired) electrons. The number of halogens is 1. The van der Waals surface area contributed by atoms with Gasteiger partial charge in [-0.15, -0.1) is 0 Å². The first-order valence-corrected chi connectivity index (χ1v) is 12.6. The third kappa shape index (κ3) is 5.60. The molecule has 1 unspecified atom stereocenters. The average Bonchev–Trinajstić information content (AvgIpc) is 3.24. The number of benzene rings is 2. The van der Waals surface area contributed by atoms with Crippen LogP contribution in [0.4, 0.5) is 5.82 Å². The van der Waals surface area contributed by atoms with Gasteiger partial charge in [-0.05, 0) is 55.7 Å². The summed E-state index contributed by atoms with van der Waals surface area (Å²) in [5, 5.41) is 1.82. The van der Waals surface area contributed by atoms with Gasteiger partial charge in [-0.2, -0.15) is 0 Å². The van der Waals surface area contributed by atoms with Crippen LogP contribution in [0, 0.1) is 0 Å². The van der Waals surface area contributed by atoms with Crippen molar-refractivity contribution in [2.75, 3.05) is 11.5 Å². The van der Waals surface area contributed by atoms with Crippen molar-refractivity contribution in [1.82, 2.24) is 9.97 Å². The minimum atomic E-state index is -0.167. The maximum absolute atomic E-state index is 12.0. The molecule has 0 saturated carbocycles. The molecule has 0 N–H and O–H groups in total. The first-order chi connectivity index (χ1) is 17.6. The molecule has 36 heavy (non-hydrogen) atoms. The molecule has 184 valence electrons. The lowest BCUT2D eigenvalue weighted by molar-refractivity contribution is -0.143. The number of pyridine rings is 2. The van der Waals surface area contributed by atoms with Gasteiger partial charge in [-0.3, -0.25) is 4.79 Å². The van der Waals surface area contributed by atoms with E-state index >= 15 is 0 Å². The first-order valence-electron chi connectivity index (χ1n) is 12.2. The van der Waals surface area contributed by atoms with Crippen molar-refractivity contribution in [1.29, 1.82) is 0 Å². The van der Waals surface area contributed by atoms with Gasteiger partial charge in [-0.1, -0.05) is 48.0 Å². The largest absolute Gasteiger partial charge is 0.486 e. The van der Waals surface area contributed by atoms with Crippen LogP contribution in [0.5, 0.6) is 5.75 Å². The lowest BCUT2D eigenvalue weighted by atomic mass is 10.1. The summed E-state index contributed by atoms with van der Waals surface area (Å²) in [5.74, 6) is 1.47. The van der Waals surface area contributed by atoms with Crippen molar-refractivity contribution in [2.45, 2.75) is 45.4 Å². The number of aromatic nitrogens is 2. The van der Waals surface area contributed by atoms with Crippen LogP contribution < -0.4 is 9.64 Å². The summed E-state index contributed by atoms with van der Waals surface area (Å²) in [6.45, 7) is 3.28. The number of rotatable bonds is 9. The zero-order chi connectivity index (χ0) is 24.9. The van der Waals surface area contributed by atoms with E-state index in [9.17, 15) is 4.79 Å². The van der Waals surface area contributed by atoms with Crippen LogP contribution in [0.15, 0.2) is 72.9 Å². The number of carbonyl (C=O) groups excluding carboxylic acids is 1. The van der Waals surface area contributed by atoms with Gasteiger partial charge >= 0.3 is 5.97 Å². The van der Waals surface area contributed by atoms with Crippen molar-refractivity contribution in [3.63, 3.8) is 0 Å². The Bertz CT molecular complexity index is 1360. The second kappa shape index (κ2) is 11.0. The van der Waals surface area contributed by atoms with Crippen LogP contribution >= 0.6 is 11.6 Å². The second-order valence-corrected chi connectivity index (χ2v) is 9.33. The molecule has 0 fully saturated rings. The van der Waals surface area contributed by atoms with Crippen LogP contribution in [-0.2, 0) is 29.1 Å². The average molecular weight is 502 g/mol. The Labute approximate surface area is 215 Å². The second-order valence-electron chi connectivity index (χ2n) is 8.89. The minimum absolute atomic E-state index is 0.144. The van der Waals surface area contributed by atoms with Gasteiger partial charge in [0.15, 0.2) is 0 Å². The molecular formula is C29H28ClN3O3. The van der Waals surface area contributed by atoms with Gasteiger partial charge in [0.1, 0.15) is 18.2 Å². The van der Waals surface area contributed by atoms with Gasteiger partial charge in [0.05, 0.1) is 24.0 Å². The Morgan fingerprint density at radius 3 is 2.78 bits per heavy atom. The number of ether oxygens (including phenoxy) is 2. The molecule has 4 aromatic rings. The Balaban J connectivity index is 1.32. The van der Waals surface area contributed by atoms with Crippen molar-refractivity contribution in [3.05, 3.63) is 94.8 Å². The van der Waals surface area contributed by atoms with Crippen molar-refractivity contribution in [3.8, 4) is 5.75 Å². The molecule has 2 aromatic heterocycles. The highest BCUT2D eigenvalue weighted by molar-refractivity contribution is 6.30. The van der Waals surface area contributed by atoms with E-state index in [2.05, 4.69) is 22.0 Å². The lowest BCUT2D eigenvalue weighted by Crippen LogP contribution is -2.32. The molecule has 0 saturated heterocycles. The number of anilines is 1. The molecule has 1 atom stereocenters. The molecule has 2 aromatic carbocycles. The van der Waals surface area contributed by atoms with E-state index < -0.39 is 0 Å². The zero-order valence-electron chi connectivity index (χ0n) is 20.2. The van der Waals surface area contributed by atoms with E-state index in [-0.39, 0.29) is 12.0 Å². The third-order valence-electron chi connectivity index (χ3n) is 6.38. The van der Waals surface area contributed by atoms with Gasteiger partial charge in [0.25, 0.3) is 0 Å². The number of carbonyl (C=O) groups is 1. The fraction of sp³-hybridized carbons (Fsp3) is 0.276. The predicted octanol–water partition coefficient (Wildman–Crippen LogP) is 6.14. The van der Waals surface area contributed by atoms with Crippen molar-refractivity contribution >= 4 is 34.3 Å². The van der Waals surface area contributed by atoms with Gasteiger partial charge in [0.2, 0.25) is 0 Å². The topological polar surface area (TPSA) is 64.5 Å². The SMILES string of the molecule is CCOC(=O)CCC1Cc2cc(OCc3ccc4ccccc4n3)cnc2N1Cc1ccc(Cl)cc1. The molecule has 1 aliphatic heterocycles. The molecule has 5 rings (SSSR count). The monoisotopic (exact) mass is 501 g/mol. The summed E-state index contributed by atoms with van der Waals surface area (Å²) in [5.41, 5.74) is 4.07. The third-order valence-corrected chi connectivity index (χ3v) is 6.63. The molecular weight excluding hydrogens is 474 g/mol. The van der Waals surface area contributed by atoms with E-state index in [0.29, 0.717) is 43.4 Å². The van der Waals surface area contributed by atoms with Crippen LogP contribution in [-0.4, -0.2) is 28.6 Å². The fourth-order valence-electron chi connectivity index (χ4n) is 4.62. The number of para-hydroxylation sites is 1. The molecule has 3 heterocycles. The lowest BCUT2D eigenvalue weighted by Gasteiger charge is -2.26. The number of esters is 1. The summed E-state index contributed by atoms with van der Waals surface area (Å²) in [6.07, 6.45) is 3.63. The highest BCUT2D eigenvalue weighted by Crippen LogP contribution is 2.36. The standard InChI is InChI=1S/C29H28ClN3O3/c1-2-35-28(34)14-13-25-15-22-16-26(36-19-24-12-9-21-5-3-4-6-27(21)32-24)17-31-29(22)33(25)18-20-7-10-23(30)11-8-20/h3-12,16-17,25H,2,13-15,18-19H2,1H3.